The number of nitrogen functional groups attached to an aromatic ring is 1. The molecule has 1 aromatic rings. The maximum Gasteiger partial charge on any atom is 0.140 e. The normalized spacial score (nSPS) is 21.4. The first-order valence-corrected chi connectivity index (χ1v) is 6.45. The molecule has 4 heteroatoms. The smallest absolute Gasteiger partial charge is 0.140 e. The van der Waals surface area contributed by atoms with E-state index in [-0.39, 0.29) is 0 Å². The van der Waals surface area contributed by atoms with Gasteiger partial charge in [0.25, 0.3) is 0 Å². The van der Waals surface area contributed by atoms with Crippen molar-refractivity contribution >= 4 is 5.82 Å². The third kappa shape index (κ3) is 3.41. The van der Waals surface area contributed by atoms with E-state index in [0.717, 1.165) is 18.3 Å². The van der Waals surface area contributed by atoms with Gasteiger partial charge in [0.1, 0.15) is 5.82 Å². The Morgan fingerprint density at radius 2 is 2.47 bits per heavy atom. The van der Waals surface area contributed by atoms with E-state index in [4.69, 9.17) is 5.84 Å². The average molecular weight is 234 g/mol. The van der Waals surface area contributed by atoms with E-state index in [1.165, 1.54) is 37.9 Å². The Balaban J connectivity index is 1.95. The Morgan fingerprint density at radius 1 is 1.59 bits per heavy atom. The molecule has 1 aliphatic heterocycles. The zero-order valence-electron chi connectivity index (χ0n) is 10.5. The molecule has 1 aromatic heterocycles. The molecule has 0 bridgehead atoms. The predicted octanol–water partition coefficient (Wildman–Crippen LogP) is 1.99. The van der Waals surface area contributed by atoms with Crippen LogP contribution in [0.3, 0.4) is 0 Å². The standard InChI is InChI=1S/C13H22N4/c1-2-11-4-3-7-17(9-11)10-12-5-6-15-13(8-12)16-14/h5-6,8,11H,2-4,7,9-10,14H2,1H3,(H,15,16). The third-order valence-corrected chi connectivity index (χ3v) is 3.56. The van der Waals surface area contributed by atoms with Gasteiger partial charge in [0.2, 0.25) is 0 Å². The number of hydrogen-bond acceptors (Lipinski definition) is 4. The van der Waals surface area contributed by atoms with Crippen LogP contribution in [0.25, 0.3) is 0 Å². The largest absolute Gasteiger partial charge is 0.308 e. The van der Waals surface area contributed by atoms with Crippen LogP contribution in [0.1, 0.15) is 31.7 Å². The molecule has 0 saturated carbocycles. The lowest BCUT2D eigenvalue weighted by atomic mass is 9.95. The van der Waals surface area contributed by atoms with Crippen LogP contribution in [0.4, 0.5) is 5.82 Å². The van der Waals surface area contributed by atoms with Crippen LogP contribution in [0.2, 0.25) is 0 Å². The number of nitrogens with one attached hydrogen (secondary N) is 1. The number of anilines is 1. The lowest BCUT2D eigenvalue weighted by Gasteiger charge is -2.32. The molecule has 0 aliphatic carbocycles. The fraction of sp³-hybridized carbons (Fsp3) is 0.615. The highest BCUT2D eigenvalue weighted by atomic mass is 15.2. The molecule has 4 nitrogen and oxygen atoms in total. The second-order valence-corrected chi connectivity index (χ2v) is 4.85. The second kappa shape index (κ2) is 5.98. The Morgan fingerprint density at radius 3 is 3.24 bits per heavy atom. The van der Waals surface area contributed by atoms with Crippen molar-refractivity contribution in [1.82, 2.24) is 9.88 Å². The van der Waals surface area contributed by atoms with Crippen LogP contribution < -0.4 is 11.3 Å². The van der Waals surface area contributed by atoms with Crippen LogP contribution in [-0.4, -0.2) is 23.0 Å². The van der Waals surface area contributed by atoms with Crippen LogP contribution in [0.15, 0.2) is 18.3 Å². The van der Waals surface area contributed by atoms with Crippen molar-refractivity contribution in [1.29, 1.82) is 0 Å². The summed E-state index contributed by atoms with van der Waals surface area (Å²) in [6.07, 6.45) is 5.82. The Labute approximate surface area is 103 Å². The summed E-state index contributed by atoms with van der Waals surface area (Å²) >= 11 is 0. The zero-order valence-corrected chi connectivity index (χ0v) is 10.5. The molecule has 1 aliphatic rings. The second-order valence-electron chi connectivity index (χ2n) is 4.85. The molecule has 1 atom stereocenters. The number of pyridine rings is 1. The summed E-state index contributed by atoms with van der Waals surface area (Å²) in [6, 6.07) is 4.09. The molecule has 0 amide bonds. The Hall–Kier alpha value is -1.13. The number of hydrazine groups is 1. The Kier molecular flexibility index (Phi) is 4.34. The number of rotatable bonds is 4. The molecule has 3 N–H and O–H groups in total. The van der Waals surface area contributed by atoms with E-state index in [0.29, 0.717) is 0 Å². The lowest BCUT2D eigenvalue weighted by molar-refractivity contribution is 0.164. The fourth-order valence-corrected chi connectivity index (χ4v) is 2.54. The van der Waals surface area contributed by atoms with E-state index in [1.54, 1.807) is 0 Å². The maximum absolute atomic E-state index is 5.37. The molecule has 1 fully saturated rings. The molecule has 94 valence electrons. The molecule has 1 saturated heterocycles. The molecule has 0 spiro atoms. The van der Waals surface area contributed by atoms with E-state index >= 15 is 0 Å². The minimum atomic E-state index is 0.742. The molecule has 2 heterocycles. The van der Waals surface area contributed by atoms with E-state index in [9.17, 15) is 0 Å². The number of hydrogen-bond donors (Lipinski definition) is 2. The van der Waals surface area contributed by atoms with Gasteiger partial charge in [-0.15, -0.1) is 0 Å². The minimum Gasteiger partial charge on any atom is -0.308 e. The molecule has 1 unspecified atom stereocenters. The van der Waals surface area contributed by atoms with E-state index in [2.05, 4.69) is 28.3 Å². The van der Waals surface area contributed by atoms with Gasteiger partial charge < -0.3 is 5.43 Å². The van der Waals surface area contributed by atoms with Crippen LogP contribution in [0.5, 0.6) is 0 Å². The lowest BCUT2D eigenvalue weighted by Crippen LogP contribution is -2.34. The fourth-order valence-electron chi connectivity index (χ4n) is 2.54. The maximum atomic E-state index is 5.37. The zero-order chi connectivity index (χ0) is 12.1. The summed E-state index contributed by atoms with van der Waals surface area (Å²) in [6.45, 7) is 5.74. The van der Waals surface area contributed by atoms with E-state index < -0.39 is 0 Å². The van der Waals surface area contributed by atoms with Gasteiger partial charge in [-0.2, -0.15) is 0 Å². The van der Waals surface area contributed by atoms with Gasteiger partial charge in [-0.25, -0.2) is 10.8 Å². The third-order valence-electron chi connectivity index (χ3n) is 3.56. The molecule has 17 heavy (non-hydrogen) atoms. The van der Waals surface area contributed by atoms with Gasteiger partial charge in [0, 0.05) is 19.3 Å². The summed E-state index contributed by atoms with van der Waals surface area (Å²) in [5, 5.41) is 0. The number of nitrogens with two attached hydrogens (primary N) is 1. The van der Waals surface area contributed by atoms with Gasteiger partial charge in [0.05, 0.1) is 0 Å². The monoisotopic (exact) mass is 234 g/mol. The quantitative estimate of drug-likeness (QED) is 0.618. The first-order chi connectivity index (χ1) is 8.31. The number of nitrogens with zero attached hydrogens (tertiary/aromatic N) is 2. The molecule has 2 rings (SSSR count). The molecule has 0 aromatic carbocycles. The predicted molar refractivity (Wildman–Crippen MR) is 70.3 cm³/mol. The van der Waals surface area contributed by atoms with Gasteiger partial charge in [-0.05, 0) is 43.0 Å². The van der Waals surface area contributed by atoms with Crippen molar-refractivity contribution in [3.63, 3.8) is 0 Å². The highest BCUT2D eigenvalue weighted by molar-refractivity contribution is 5.35. The summed E-state index contributed by atoms with van der Waals surface area (Å²) < 4.78 is 0. The van der Waals surface area contributed by atoms with Crippen molar-refractivity contribution in [2.75, 3.05) is 18.5 Å². The summed E-state index contributed by atoms with van der Waals surface area (Å²) in [4.78, 5) is 6.66. The summed E-state index contributed by atoms with van der Waals surface area (Å²) in [7, 11) is 0. The van der Waals surface area contributed by atoms with E-state index in [1.807, 2.05) is 12.3 Å². The average Bonchev–Trinajstić information content (AvgIpc) is 2.39. The van der Waals surface area contributed by atoms with Crippen LogP contribution in [0, 0.1) is 5.92 Å². The molecule has 0 radical (unpaired) electrons. The number of piperidine rings is 1. The van der Waals surface area contributed by atoms with Crippen molar-refractivity contribution in [2.45, 2.75) is 32.7 Å². The van der Waals surface area contributed by atoms with Crippen molar-refractivity contribution in [3.05, 3.63) is 23.9 Å². The van der Waals surface area contributed by atoms with Gasteiger partial charge in [-0.3, -0.25) is 4.90 Å². The van der Waals surface area contributed by atoms with Crippen LogP contribution in [-0.2, 0) is 6.54 Å². The number of aromatic nitrogens is 1. The van der Waals surface area contributed by atoms with Gasteiger partial charge in [0.15, 0.2) is 0 Å². The molecular formula is C13H22N4. The Bertz CT molecular complexity index is 353. The molecular weight excluding hydrogens is 212 g/mol. The van der Waals surface area contributed by atoms with Crippen molar-refractivity contribution in [3.8, 4) is 0 Å². The van der Waals surface area contributed by atoms with Crippen molar-refractivity contribution < 1.29 is 0 Å². The van der Waals surface area contributed by atoms with Gasteiger partial charge in [-0.1, -0.05) is 13.3 Å². The first kappa shape index (κ1) is 12.3. The SMILES string of the molecule is CCC1CCCN(Cc2ccnc(NN)c2)C1. The highest BCUT2D eigenvalue weighted by Gasteiger charge is 2.18. The topological polar surface area (TPSA) is 54.2 Å². The summed E-state index contributed by atoms with van der Waals surface area (Å²) in [5.74, 6) is 6.98. The van der Waals surface area contributed by atoms with Crippen molar-refractivity contribution in [2.24, 2.45) is 11.8 Å². The van der Waals surface area contributed by atoms with Crippen LogP contribution >= 0.6 is 0 Å². The number of likely N-dealkylation sites (tertiary alicyclic amines) is 1. The summed E-state index contributed by atoms with van der Waals surface area (Å²) in [5.41, 5.74) is 3.88. The first-order valence-electron chi connectivity index (χ1n) is 6.45. The minimum absolute atomic E-state index is 0.742. The van der Waals surface area contributed by atoms with Gasteiger partial charge >= 0.3 is 0 Å². The highest BCUT2D eigenvalue weighted by Crippen LogP contribution is 2.21.